The van der Waals surface area contributed by atoms with Crippen molar-refractivity contribution in [1.82, 2.24) is 9.88 Å². The molecular formula is C18H21N3O2. The van der Waals surface area contributed by atoms with Gasteiger partial charge in [-0.2, -0.15) is 0 Å². The summed E-state index contributed by atoms with van der Waals surface area (Å²) in [6.45, 7) is 1.52. The zero-order valence-corrected chi connectivity index (χ0v) is 13.2. The van der Waals surface area contributed by atoms with Gasteiger partial charge < -0.3 is 15.0 Å². The highest BCUT2D eigenvalue weighted by atomic mass is 16.5. The Bertz CT molecular complexity index is 652. The predicted octanol–water partition coefficient (Wildman–Crippen LogP) is 3.50. The van der Waals surface area contributed by atoms with Crippen LogP contribution < -0.4 is 10.1 Å². The maximum Gasteiger partial charge on any atom is 0.321 e. The minimum absolute atomic E-state index is 0.0670. The van der Waals surface area contributed by atoms with Crippen LogP contribution in [0.15, 0.2) is 48.8 Å². The van der Waals surface area contributed by atoms with Gasteiger partial charge in [-0.15, -0.1) is 0 Å². The van der Waals surface area contributed by atoms with E-state index in [-0.39, 0.29) is 6.03 Å². The van der Waals surface area contributed by atoms with Crippen LogP contribution in [0, 0.1) is 0 Å². The maximum atomic E-state index is 12.4. The molecule has 5 nitrogen and oxygen atoms in total. The van der Waals surface area contributed by atoms with Crippen molar-refractivity contribution < 1.29 is 9.53 Å². The molecule has 0 spiro atoms. The highest BCUT2D eigenvalue weighted by molar-refractivity contribution is 5.91. The second-order valence-corrected chi connectivity index (χ2v) is 5.67. The van der Waals surface area contributed by atoms with Crippen LogP contribution in [0.25, 0.3) is 0 Å². The number of piperidine rings is 1. The largest absolute Gasteiger partial charge is 0.495 e. The number of pyridine rings is 1. The Kier molecular flexibility index (Phi) is 4.76. The van der Waals surface area contributed by atoms with Crippen LogP contribution in [0.4, 0.5) is 10.5 Å². The number of methoxy groups -OCH3 is 1. The van der Waals surface area contributed by atoms with Gasteiger partial charge in [0.15, 0.2) is 0 Å². The smallest absolute Gasteiger partial charge is 0.321 e. The molecule has 1 aromatic heterocycles. The predicted molar refractivity (Wildman–Crippen MR) is 89.8 cm³/mol. The number of amides is 2. The van der Waals surface area contributed by atoms with Crippen molar-refractivity contribution in [2.45, 2.75) is 18.8 Å². The number of likely N-dealkylation sites (tertiary alicyclic amines) is 1. The molecule has 1 aliphatic rings. The first kappa shape index (κ1) is 15.3. The Morgan fingerprint density at radius 2 is 1.87 bits per heavy atom. The molecule has 0 atom stereocenters. The quantitative estimate of drug-likeness (QED) is 0.944. The summed E-state index contributed by atoms with van der Waals surface area (Å²) in [5.41, 5.74) is 2.01. The molecule has 5 heteroatoms. The number of hydrogen-bond acceptors (Lipinski definition) is 3. The van der Waals surface area contributed by atoms with Crippen molar-refractivity contribution in [1.29, 1.82) is 0 Å². The first-order valence-electron chi connectivity index (χ1n) is 7.87. The summed E-state index contributed by atoms with van der Waals surface area (Å²) < 4.78 is 5.27. The van der Waals surface area contributed by atoms with Crippen LogP contribution in [-0.4, -0.2) is 36.1 Å². The van der Waals surface area contributed by atoms with Crippen LogP contribution in [0.2, 0.25) is 0 Å². The van der Waals surface area contributed by atoms with Gasteiger partial charge in [-0.3, -0.25) is 4.98 Å². The van der Waals surface area contributed by atoms with Crippen LogP contribution >= 0.6 is 0 Å². The summed E-state index contributed by atoms with van der Waals surface area (Å²) in [7, 11) is 1.60. The van der Waals surface area contributed by atoms with E-state index in [2.05, 4.69) is 22.4 Å². The number of nitrogens with zero attached hydrogens (tertiary/aromatic N) is 2. The number of para-hydroxylation sites is 2. The Labute approximate surface area is 136 Å². The van der Waals surface area contributed by atoms with Gasteiger partial charge in [-0.05, 0) is 48.6 Å². The van der Waals surface area contributed by atoms with Crippen molar-refractivity contribution in [2.75, 3.05) is 25.5 Å². The zero-order valence-electron chi connectivity index (χ0n) is 13.2. The van der Waals surface area contributed by atoms with Crippen molar-refractivity contribution in [3.8, 4) is 5.75 Å². The summed E-state index contributed by atoms with van der Waals surface area (Å²) in [4.78, 5) is 18.4. The minimum Gasteiger partial charge on any atom is -0.495 e. The maximum absolute atomic E-state index is 12.4. The number of rotatable bonds is 3. The van der Waals surface area contributed by atoms with Crippen LogP contribution in [0.5, 0.6) is 5.75 Å². The van der Waals surface area contributed by atoms with E-state index in [0.29, 0.717) is 17.4 Å². The Morgan fingerprint density at radius 3 is 2.57 bits per heavy atom. The van der Waals surface area contributed by atoms with Gasteiger partial charge in [0, 0.05) is 25.5 Å². The monoisotopic (exact) mass is 311 g/mol. The zero-order chi connectivity index (χ0) is 16.1. The lowest BCUT2D eigenvalue weighted by Gasteiger charge is -2.32. The van der Waals surface area contributed by atoms with Crippen LogP contribution in [0.3, 0.4) is 0 Å². The molecule has 120 valence electrons. The molecule has 0 radical (unpaired) electrons. The third-order valence-electron chi connectivity index (χ3n) is 4.31. The first-order chi connectivity index (χ1) is 11.3. The number of hydrogen-bond donors (Lipinski definition) is 1. The van der Waals surface area contributed by atoms with Crippen molar-refractivity contribution in [2.24, 2.45) is 0 Å². The number of carbonyl (C=O) groups is 1. The fourth-order valence-electron chi connectivity index (χ4n) is 2.99. The molecule has 2 amide bonds. The highest BCUT2D eigenvalue weighted by Gasteiger charge is 2.24. The van der Waals surface area contributed by atoms with E-state index in [0.717, 1.165) is 25.9 Å². The molecule has 1 saturated heterocycles. The average molecular weight is 311 g/mol. The molecule has 1 fully saturated rings. The van der Waals surface area contributed by atoms with E-state index < -0.39 is 0 Å². The van der Waals surface area contributed by atoms with Crippen LogP contribution in [-0.2, 0) is 0 Å². The molecule has 0 saturated carbocycles. The van der Waals surface area contributed by atoms with Gasteiger partial charge in [-0.1, -0.05) is 12.1 Å². The molecule has 23 heavy (non-hydrogen) atoms. The van der Waals surface area contributed by atoms with E-state index in [1.54, 1.807) is 7.11 Å². The van der Waals surface area contributed by atoms with Gasteiger partial charge in [-0.25, -0.2) is 4.79 Å². The van der Waals surface area contributed by atoms with Gasteiger partial charge in [0.2, 0.25) is 0 Å². The van der Waals surface area contributed by atoms with E-state index in [1.807, 2.05) is 41.6 Å². The number of carbonyl (C=O) groups excluding carboxylic acids is 1. The fraction of sp³-hybridized carbons (Fsp3) is 0.333. The lowest BCUT2D eigenvalue weighted by molar-refractivity contribution is 0.194. The van der Waals surface area contributed by atoms with Crippen LogP contribution in [0.1, 0.15) is 24.3 Å². The number of benzene rings is 1. The molecule has 2 heterocycles. The van der Waals surface area contributed by atoms with Crippen molar-refractivity contribution >= 4 is 11.7 Å². The van der Waals surface area contributed by atoms with E-state index in [1.165, 1.54) is 5.56 Å². The molecule has 1 aromatic carbocycles. The topological polar surface area (TPSA) is 54.5 Å². The summed E-state index contributed by atoms with van der Waals surface area (Å²) in [5, 5.41) is 2.94. The van der Waals surface area contributed by atoms with Crippen molar-refractivity contribution in [3.05, 3.63) is 54.4 Å². The van der Waals surface area contributed by atoms with Gasteiger partial charge >= 0.3 is 6.03 Å². The molecule has 1 N–H and O–H groups in total. The van der Waals surface area contributed by atoms with E-state index in [9.17, 15) is 4.79 Å². The second-order valence-electron chi connectivity index (χ2n) is 5.67. The lowest BCUT2D eigenvalue weighted by Crippen LogP contribution is -2.40. The number of anilines is 1. The molecule has 0 bridgehead atoms. The van der Waals surface area contributed by atoms with E-state index in [4.69, 9.17) is 4.74 Å². The van der Waals surface area contributed by atoms with Gasteiger partial charge in [0.25, 0.3) is 0 Å². The molecular weight excluding hydrogens is 290 g/mol. The molecule has 2 aromatic rings. The van der Waals surface area contributed by atoms with Gasteiger partial charge in [0.05, 0.1) is 12.8 Å². The second kappa shape index (κ2) is 7.13. The average Bonchev–Trinajstić information content (AvgIpc) is 2.63. The minimum atomic E-state index is -0.0670. The molecule has 1 aliphatic heterocycles. The molecule has 0 unspecified atom stereocenters. The summed E-state index contributed by atoms with van der Waals surface area (Å²) in [5.74, 6) is 1.18. The summed E-state index contributed by atoms with van der Waals surface area (Å²) in [6.07, 6.45) is 5.61. The third kappa shape index (κ3) is 3.62. The SMILES string of the molecule is COc1ccccc1NC(=O)N1CCC(c2ccncc2)CC1. The number of urea groups is 1. The number of aromatic nitrogens is 1. The third-order valence-corrected chi connectivity index (χ3v) is 4.31. The Balaban J connectivity index is 1.58. The van der Waals surface area contributed by atoms with Gasteiger partial charge in [0.1, 0.15) is 5.75 Å². The fourth-order valence-corrected chi connectivity index (χ4v) is 2.99. The summed E-state index contributed by atoms with van der Waals surface area (Å²) >= 11 is 0. The molecule has 0 aliphatic carbocycles. The number of ether oxygens (including phenoxy) is 1. The lowest BCUT2D eigenvalue weighted by atomic mass is 9.90. The van der Waals surface area contributed by atoms with E-state index >= 15 is 0 Å². The summed E-state index contributed by atoms with van der Waals surface area (Å²) in [6, 6.07) is 11.5. The highest BCUT2D eigenvalue weighted by Crippen LogP contribution is 2.28. The molecule has 3 rings (SSSR count). The number of nitrogens with one attached hydrogen (secondary N) is 1. The van der Waals surface area contributed by atoms with Crippen molar-refractivity contribution in [3.63, 3.8) is 0 Å². The Morgan fingerprint density at radius 1 is 1.17 bits per heavy atom. The Hall–Kier alpha value is -2.56. The first-order valence-corrected chi connectivity index (χ1v) is 7.87. The normalized spacial score (nSPS) is 15.3. The standard InChI is InChI=1S/C18H21N3O2/c1-23-17-5-3-2-4-16(17)20-18(22)21-12-8-15(9-13-21)14-6-10-19-11-7-14/h2-7,10-11,15H,8-9,12-13H2,1H3,(H,20,22).